The highest BCUT2D eigenvalue weighted by Crippen LogP contribution is 2.46. The molecule has 0 spiro atoms. The van der Waals surface area contributed by atoms with Gasteiger partial charge in [0.1, 0.15) is 22.8 Å². The summed E-state index contributed by atoms with van der Waals surface area (Å²) < 4.78 is 56.6. The molecule has 0 saturated heterocycles. The molecule has 1 atom stereocenters. The van der Waals surface area contributed by atoms with Gasteiger partial charge < -0.3 is 18.9 Å². The van der Waals surface area contributed by atoms with Crippen molar-refractivity contribution in [3.63, 3.8) is 0 Å². The van der Waals surface area contributed by atoms with Gasteiger partial charge in [0, 0.05) is 29.1 Å². The van der Waals surface area contributed by atoms with Crippen molar-refractivity contribution < 1.29 is 32.3 Å². The number of alkyl halides is 3. The number of nitrogens with zero attached hydrogens (tertiary/aromatic N) is 4. The SMILES string of the molecule is COc1cc(-c2c(C(F)(F)F)n([C@@H](C)c3ccccn3)c3cc(-c4c(C)noc4C)cnc23)ccc1C(=O)O. The molecule has 5 aromatic rings. The van der Waals surface area contributed by atoms with Crippen molar-refractivity contribution in [2.24, 2.45) is 0 Å². The second-order valence-corrected chi connectivity index (χ2v) is 9.03. The monoisotopic (exact) mass is 536 g/mol. The number of benzene rings is 1. The van der Waals surface area contributed by atoms with Crippen molar-refractivity contribution in [3.05, 3.63) is 83.3 Å². The lowest BCUT2D eigenvalue weighted by Crippen LogP contribution is -2.19. The number of rotatable bonds is 6. The van der Waals surface area contributed by atoms with Crippen LogP contribution in [0.2, 0.25) is 0 Å². The number of carboxylic acids is 1. The van der Waals surface area contributed by atoms with Crippen molar-refractivity contribution in [2.75, 3.05) is 7.11 Å². The number of carbonyl (C=O) groups is 1. The summed E-state index contributed by atoms with van der Waals surface area (Å²) in [5.74, 6) is -0.822. The van der Waals surface area contributed by atoms with Gasteiger partial charge in [-0.05, 0) is 56.7 Å². The Morgan fingerprint density at radius 3 is 2.44 bits per heavy atom. The van der Waals surface area contributed by atoms with Gasteiger partial charge in [-0.3, -0.25) is 9.97 Å². The van der Waals surface area contributed by atoms with Gasteiger partial charge in [-0.25, -0.2) is 4.79 Å². The van der Waals surface area contributed by atoms with Crippen molar-refractivity contribution in [2.45, 2.75) is 33.0 Å². The maximum absolute atomic E-state index is 15.0. The molecule has 0 bridgehead atoms. The first kappa shape index (κ1) is 26.0. The average Bonchev–Trinajstić information content (AvgIpc) is 3.44. The number of methoxy groups -OCH3 is 1. The van der Waals surface area contributed by atoms with E-state index in [1.165, 1.54) is 42.3 Å². The zero-order valence-electron chi connectivity index (χ0n) is 21.4. The van der Waals surface area contributed by atoms with Crippen LogP contribution in [-0.4, -0.2) is 37.9 Å². The van der Waals surface area contributed by atoms with Crippen molar-refractivity contribution in [3.8, 4) is 28.0 Å². The molecule has 5 rings (SSSR count). The van der Waals surface area contributed by atoms with E-state index in [2.05, 4.69) is 15.1 Å². The zero-order chi connectivity index (χ0) is 28.1. The Kier molecular flexibility index (Phi) is 6.37. The molecule has 4 heterocycles. The van der Waals surface area contributed by atoms with Gasteiger partial charge in [-0.15, -0.1) is 0 Å². The van der Waals surface area contributed by atoms with Gasteiger partial charge in [0.2, 0.25) is 0 Å². The minimum absolute atomic E-state index is 0.0702. The lowest BCUT2D eigenvalue weighted by molar-refractivity contribution is -0.143. The third-order valence-electron chi connectivity index (χ3n) is 6.66. The smallest absolute Gasteiger partial charge is 0.432 e. The van der Waals surface area contributed by atoms with Crippen LogP contribution >= 0.6 is 0 Å². The summed E-state index contributed by atoms with van der Waals surface area (Å²) in [7, 11) is 1.26. The van der Waals surface area contributed by atoms with Crippen LogP contribution in [-0.2, 0) is 6.18 Å². The number of halogens is 3. The molecule has 0 saturated carbocycles. The van der Waals surface area contributed by atoms with Crippen LogP contribution in [0.25, 0.3) is 33.3 Å². The summed E-state index contributed by atoms with van der Waals surface area (Å²) in [6, 6.07) is 9.70. The molecule has 0 aliphatic rings. The number of aryl methyl sites for hydroxylation is 2. The highest BCUT2D eigenvalue weighted by molar-refractivity contribution is 5.99. The summed E-state index contributed by atoms with van der Waals surface area (Å²) in [5.41, 5.74) is 1.30. The molecule has 0 aliphatic carbocycles. The van der Waals surface area contributed by atoms with Crippen LogP contribution in [0.4, 0.5) is 13.2 Å². The van der Waals surface area contributed by atoms with Crippen LogP contribution in [0.15, 0.2) is 59.4 Å². The molecular formula is C28H23F3N4O4. The largest absolute Gasteiger partial charge is 0.496 e. The van der Waals surface area contributed by atoms with Crippen LogP contribution in [0.1, 0.15) is 46.2 Å². The molecule has 0 unspecified atom stereocenters. The van der Waals surface area contributed by atoms with E-state index >= 15 is 0 Å². The molecule has 0 radical (unpaired) electrons. The normalized spacial score (nSPS) is 12.6. The molecule has 4 aromatic heterocycles. The first-order chi connectivity index (χ1) is 18.5. The summed E-state index contributed by atoms with van der Waals surface area (Å²) in [6.07, 6.45) is -1.80. The number of carboxylic acid groups (broad SMARTS) is 1. The van der Waals surface area contributed by atoms with Gasteiger partial charge in [0.25, 0.3) is 0 Å². The maximum Gasteiger partial charge on any atom is 0.432 e. The van der Waals surface area contributed by atoms with E-state index in [-0.39, 0.29) is 33.5 Å². The molecule has 200 valence electrons. The predicted molar refractivity (Wildman–Crippen MR) is 137 cm³/mol. The Balaban J connectivity index is 1.90. The lowest BCUT2D eigenvalue weighted by atomic mass is 10.0. The molecule has 1 N–H and O–H groups in total. The van der Waals surface area contributed by atoms with E-state index in [9.17, 15) is 23.1 Å². The summed E-state index contributed by atoms with van der Waals surface area (Å²) in [4.78, 5) is 20.4. The average molecular weight is 537 g/mol. The molecular weight excluding hydrogens is 513 g/mol. The minimum Gasteiger partial charge on any atom is -0.496 e. The Labute approximate surface area is 220 Å². The topological polar surface area (TPSA) is 103 Å². The Morgan fingerprint density at radius 1 is 1.08 bits per heavy atom. The molecule has 8 nitrogen and oxygen atoms in total. The number of aromatic nitrogens is 4. The van der Waals surface area contributed by atoms with Crippen molar-refractivity contribution >= 4 is 17.0 Å². The fourth-order valence-corrected chi connectivity index (χ4v) is 4.95. The van der Waals surface area contributed by atoms with Gasteiger partial charge >= 0.3 is 12.1 Å². The first-order valence-corrected chi connectivity index (χ1v) is 11.9. The number of pyridine rings is 2. The number of fused-ring (bicyclic) bond motifs is 1. The summed E-state index contributed by atoms with van der Waals surface area (Å²) in [5, 5.41) is 13.5. The van der Waals surface area contributed by atoms with Crippen molar-refractivity contribution in [1.29, 1.82) is 0 Å². The van der Waals surface area contributed by atoms with Crippen LogP contribution in [0, 0.1) is 13.8 Å². The fraction of sp³-hybridized carbons (Fsp3) is 0.214. The van der Waals surface area contributed by atoms with E-state index in [0.29, 0.717) is 28.3 Å². The van der Waals surface area contributed by atoms with E-state index < -0.39 is 23.9 Å². The van der Waals surface area contributed by atoms with Gasteiger partial charge in [0.15, 0.2) is 0 Å². The number of hydrogen-bond acceptors (Lipinski definition) is 6. The second kappa shape index (κ2) is 9.57. The maximum atomic E-state index is 15.0. The molecule has 11 heteroatoms. The molecule has 0 amide bonds. The molecule has 0 aliphatic heterocycles. The minimum atomic E-state index is -4.80. The molecule has 0 fully saturated rings. The third kappa shape index (κ3) is 4.39. The van der Waals surface area contributed by atoms with E-state index in [1.807, 2.05) is 0 Å². The van der Waals surface area contributed by atoms with Crippen molar-refractivity contribution in [1.82, 2.24) is 19.7 Å². The van der Waals surface area contributed by atoms with E-state index in [4.69, 9.17) is 9.26 Å². The number of ether oxygens (including phenoxy) is 1. The quantitative estimate of drug-likeness (QED) is 0.257. The second-order valence-electron chi connectivity index (χ2n) is 9.03. The summed E-state index contributed by atoms with van der Waals surface area (Å²) >= 11 is 0. The number of hydrogen-bond donors (Lipinski definition) is 1. The molecule has 1 aromatic carbocycles. The third-order valence-corrected chi connectivity index (χ3v) is 6.66. The van der Waals surface area contributed by atoms with Crippen LogP contribution in [0.3, 0.4) is 0 Å². The standard InChI is InChI=1S/C28H23F3N4O4/c1-14-23(16(3)39-34-14)18-11-21-25(33-13-18)24(17-8-9-19(27(36)37)22(12-17)38-4)26(28(29,30)31)35(21)15(2)20-7-5-6-10-32-20/h5-13,15H,1-4H3,(H,36,37)/t15-/m0/s1. The Morgan fingerprint density at radius 2 is 1.85 bits per heavy atom. The van der Waals surface area contributed by atoms with E-state index in [1.54, 1.807) is 45.0 Å². The van der Waals surface area contributed by atoms with E-state index in [0.717, 1.165) is 0 Å². The fourth-order valence-electron chi connectivity index (χ4n) is 4.95. The van der Waals surface area contributed by atoms with Crippen LogP contribution in [0.5, 0.6) is 5.75 Å². The lowest BCUT2D eigenvalue weighted by Gasteiger charge is -2.21. The molecule has 39 heavy (non-hydrogen) atoms. The highest BCUT2D eigenvalue weighted by atomic mass is 19.4. The van der Waals surface area contributed by atoms with Gasteiger partial charge in [0.05, 0.1) is 35.6 Å². The van der Waals surface area contributed by atoms with Crippen LogP contribution < -0.4 is 4.74 Å². The first-order valence-electron chi connectivity index (χ1n) is 11.9. The zero-order valence-corrected chi connectivity index (χ0v) is 21.4. The Hall–Kier alpha value is -4.67. The van der Waals surface area contributed by atoms with Gasteiger partial charge in [-0.2, -0.15) is 13.2 Å². The highest BCUT2D eigenvalue weighted by Gasteiger charge is 2.42. The van der Waals surface area contributed by atoms with Gasteiger partial charge in [-0.1, -0.05) is 17.3 Å². The predicted octanol–water partition coefficient (Wildman–Crippen LogP) is 6.71. The Bertz CT molecular complexity index is 1690. The number of aromatic carboxylic acids is 1. The summed E-state index contributed by atoms with van der Waals surface area (Å²) in [6.45, 7) is 5.10.